The van der Waals surface area contributed by atoms with Crippen LogP contribution in [0.5, 0.6) is 0 Å². The maximum absolute atomic E-state index is 12.5. The number of carbonyl (C=O) groups is 1. The molecule has 1 N–H and O–H groups in total. The van der Waals surface area contributed by atoms with E-state index in [1.165, 1.54) is 23.1 Å². The molecule has 1 amide bonds. The highest BCUT2D eigenvalue weighted by Crippen LogP contribution is 2.30. The zero-order valence-electron chi connectivity index (χ0n) is 14.9. The van der Waals surface area contributed by atoms with Gasteiger partial charge in [0.25, 0.3) is 5.91 Å². The normalized spacial score (nSPS) is 10.7. The van der Waals surface area contributed by atoms with Crippen molar-refractivity contribution >= 4 is 34.1 Å². The highest BCUT2D eigenvalue weighted by atomic mass is 32.2. The summed E-state index contributed by atoms with van der Waals surface area (Å²) in [6.45, 7) is 8.72. The van der Waals surface area contributed by atoms with E-state index in [4.69, 9.17) is 0 Å². The lowest BCUT2D eigenvalue weighted by molar-refractivity contribution is 0.102. The summed E-state index contributed by atoms with van der Waals surface area (Å²) < 4.78 is 2.19. The Balaban J connectivity index is 1.84. The molecule has 0 saturated heterocycles. The predicted molar refractivity (Wildman–Crippen MR) is 109 cm³/mol. The van der Waals surface area contributed by atoms with Gasteiger partial charge in [0.05, 0.1) is 11.3 Å². The zero-order chi connectivity index (χ0) is 18.7. The molecule has 0 aliphatic carbocycles. The highest BCUT2D eigenvalue weighted by Gasteiger charge is 2.16. The Morgan fingerprint density at radius 1 is 1.46 bits per heavy atom. The number of carbonyl (C=O) groups excluding carboxylic acids is 1. The second-order valence-electron chi connectivity index (χ2n) is 5.74. The number of anilines is 1. The number of aromatic nitrogens is 3. The standard InChI is InChI=1S/C19H20N4OS2/c1-5-9-23-12(2)10-15(13(23)3)16-11-26-19(21-16)22-17(24)14-7-6-8-20-18(14)25-4/h5-8,10-11H,1,9H2,2-4H3,(H,21,22,24). The van der Waals surface area contributed by atoms with Crippen LogP contribution in [0.25, 0.3) is 11.3 Å². The van der Waals surface area contributed by atoms with Gasteiger partial charge < -0.3 is 4.57 Å². The van der Waals surface area contributed by atoms with Gasteiger partial charge in [-0.2, -0.15) is 0 Å². The minimum absolute atomic E-state index is 0.194. The lowest BCUT2D eigenvalue weighted by atomic mass is 10.2. The average molecular weight is 385 g/mol. The number of aryl methyl sites for hydroxylation is 1. The molecule has 5 nitrogen and oxygen atoms in total. The molecule has 0 atom stereocenters. The first kappa shape index (κ1) is 18.4. The molecule has 134 valence electrons. The average Bonchev–Trinajstić information content (AvgIpc) is 3.21. The van der Waals surface area contributed by atoms with Gasteiger partial charge in [-0.15, -0.1) is 29.7 Å². The molecule has 3 rings (SSSR count). The number of allylic oxidation sites excluding steroid dienone is 1. The molecule has 0 aliphatic rings. The minimum atomic E-state index is -0.194. The summed E-state index contributed by atoms with van der Waals surface area (Å²) in [6.07, 6.45) is 5.47. The molecule has 3 aromatic heterocycles. The third-order valence-electron chi connectivity index (χ3n) is 4.10. The summed E-state index contributed by atoms with van der Waals surface area (Å²) in [5.74, 6) is -0.194. The van der Waals surface area contributed by atoms with E-state index in [0.29, 0.717) is 15.7 Å². The van der Waals surface area contributed by atoms with Gasteiger partial charge in [0.1, 0.15) is 5.03 Å². The quantitative estimate of drug-likeness (QED) is 0.491. The molecule has 0 saturated carbocycles. The van der Waals surface area contributed by atoms with Crippen LogP contribution in [0.3, 0.4) is 0 Å². The van der Waals surface area contributed by atoms with E-state index in [1.54, 1.807) is 18.3 Å². The zero-order valence-corrected chi connectivity index (χ0v) is 16.6. The molecule has 0 unspecified atom stereocenters. The van der Waals surface area contributed by atoms with Gasteiger partial charge in [0, 0.05) is 35.1 Å². The Labute approximate surface area is 161 Å². The maximum atomic E-state index is 12.5. The van der Waals surface area contributed by atoms with Gasteiger partial charge >= 0.3 is 0 Å². The Morgan fingerprint density at radius 2 is 2.27 bits per heavy atom. The first-order valence-corrected chi connectivity index (χ1v) is 10.2. The van der Waals surface area contributed by atoms with Gasteiger partial charge in [-0.1, -0.05) is 6.08 Å². The molecule has 0 spiro atoms. The van der Waals surface area contributed by atoms with Crippen molar-refractivity contribution < 1.29 is 4.79 Å². The molecule has 0 aromatic carbocycles. The van der Waals surface area contributed by atoms with Crippen molar-refractivity contribution in [2.45, 2.75) is 25.4 Å². The van der Waals surface area contributed by atoms with E-state index in [-0.39, 0.29) is 5.91 Å². The van der Waals surface area contributed by atoms with Gasteiger partial charge in [0.2, 0.25) is 0 Å². The van der Waals surface area contributed by atoms with Crippen LogP contribution >= 0.6 is 23.1 Å². The van der Waals surface area contributed by atoms with Crippen molar-refractivity contribution in [2.24, 2.45) is 0 Å². The predicted octanol–water partition coefficient (Wildman–Crippen LogP) is 4.78. The van der Waals surface area contributed by atoms with Crippen molar-refractivity contribution in [1.29, 1.82) is 0 Å². The number of nitrogens with one attached hydrogen (secondary N) is 1. The Morgan fingerprint density at radius 3 is 3.00 bits per heavy atom. The van der Waals surface area contributed by atoms with Gasteiger partial charge in [-0.05, 0) is 38.3 Å². The van der Waals surface area contributed by atoms with Crippen molar-refractivity contribution in [3.05, 3.63) is 59.4 Å². The van der Waals surface area contributed by atoms with Crippen molar-refractivity contribution in [3.63, 3.8) is 0 Å². The Hall–Kier alpha value is -2.38. The number of amides is 1. The maximum Gasteiger partial charge on any atom is 0.260 e. The molecule has 0 bridgehead atoms. The number of hydrogen-bond acceptors (Lipinski definition) is 5. The molecule has 7 heteroatoms. The topological polar surface area (TPSA) is 59.8 Å². The molecule has 3 aromatic rings. The number of rotatable bonds is 6. The summed E-state index contributed by atoms with van der Waals surface area (Å²) in [6, 6.07) is 5.65. The third-order valence-corrected chi connectivity index (χ3v) is 5.56. The largest absolute Gasteiger partial charge is 0.345 e. The van der Waals surface area contributed by atoms with Crippen LogP contribution in [0.15, 0.2) is 47.5 Å². The van der Waals surface area contributed by atoms with E-state index >= 15 is 0 Å². The Kier molecular flexibility index (Phi) is 5.58. The molecular formula is C19H20N4OS2. The molecule has 0 radical (unpaired) electrons. The van der Waals surface area contributed by atoms with Crippen LogP contribution in [0.2, 0.25) is 0 Å². The van der Waals surface area contributed by atoms with Gasteiger partial charge in [-0.25, -0.2) is 9.97 Å². The first-order chi connectivity index (χ1) is 12.5. The molecule has 3 heterocycles. The van der Waals surface area contributed by atoms with Crippen LogP contribution < -0.4 is 5.32 Å². The molecule has 0 aliphatic heterocycles. The smallest absolute Gasteiger partial charge is 0.260 e. The lowest BCUT2D eigenvalue weighted by Crippen LogP contribution is -2.13. The van der Waals surface area contributed by atoms with Gasteiger partial charge in [-0.3, -0.25) is 10.1 Å². The van der Waals surface area contributed by atoms with Crippen LogP contribution in [-0.4, -0.2) is 26.7 Å². The monoisotopic (exact) mass is 384 g/mol. The van der Waals surface area contributed by atoms with Crippen molar-refractivity contribution in [3.8, 4) is 11.3 Å². The highest BCUT2D eigenvalue weighted by molar-refractivity contribution is 7.98. The Bertz CT molecular complexity index is 958. The van der Waals surface area contributed by atoms with Gasteiger partial charge in [0.15, 0.2) is 5.13 Å². The third kappa shape index (κ3) is 3.59. The fourth-order valence-electron chi connectivity index (χ4n) is 2.82. The van der Waals surface area contributed by atoms with Crippen LogP contribution in [0, 0.1) is 13.8 Å². The minimum Gasteiger partial charge on any atom is -0.345 e. The first-order valence-electron chi connectivity index (χ1n) is 8.09. The van der Waals surface area contributed by atoms with Crippen molar-refractivity contribution in [1.82, 2.24) is 14.5 Å². The SMILES string of the molecule is C=CCn1c(C)cc(-c2csc(NC(=O)c3cccnc3SC)n2)c1C. The summed E-state index contributed by atoms with van der Waals surface area (Å²) in [7, 11) is 0. The number of hydrogen-bond donors (Lipinski definition) is 1. The van der Waals surface area contributed by atoms with Crippen molar-refractivity contribution in [2.75, 3.05) is 11.6 Å². The molecule has 26 heavy (non-hydrogen) atoms. The number of pyridine rings is 1. The van der Waals surface area contributed by atoms with E-state index in [9.17, 15) is 4.79 Å². The lowest BCUT2D eigenvalue weighted by Gasteiger charge is -2.06. The van der Waals surface area contributed by atoms with Crippen LogP contribution in [0.1, 0.15) is 21.7 Å². The molecular weight excluding hydrogens is 364 g/mol. The van der Waals surface area contributed by atoms with E-state index in [2.05, 4.69) is 46.3 Å². The van der Waals surface area contributed by atoms with E-state index in [1.807, 2.05) is 17.7 Å². The number of thiazole rings is 1. The van der Waals surface area contributed by atoms with Crippen LogP contribution in [-0.2, 0) is 6.54 Å². The summed E-state index contributed by atoms with van der Waals surface area (Å²) in [4.78, 5) is 21.4. The van der Waals surface area contributed by atoms with Crippen LogP contribution in [0.4, 0.5) is 5.13 Å². The summed E-state index contributed by atoms with van der Waals surface area (Å²) in [5, 5.41) is 6.13. The second kappa shape index (κ2) is 7.88. The summed E-state index contributed by atoms with van der Waals surface area (Å²) >= 11 is 2.87. The number of nitrogens with zero attached hydrogens (tertiary/aromatic N) is 3. The van der Waals surface area contributed by atoms with E-state index < -0.39 is 0 Å². The fraction of sp³-hybridized carbons (Fsp3) is 0.211. The summed E-state index contributed by atoms with van der Waals surface area (Å²) in [5.41, 5.74) is 4.80. The second-order valence-corrected chi connectivity index (χ2v) is 7.39. The van der Waals surface area contributed by atoms with E-state index in [0.717, 1.165) is 29.2 Å². The number of thioether (sulfide) groups is 1. The molecule has 0 fully saturated rings. The fourth-order valence-corrected chi connectivity index (χ4v) is 4.07.